The molecule has 6 heteroatoms. The van der Waals surface area contributed by atoms with Crippen molar-refractivity contribution in [3.8, 4) is 5.75 Å². The molecule has 25 heavy (non-hydrogen) atoms. The Morgan fingerprint density at radius 2 is 1.88 bits per heavy atom. The van der Waals surface area contributed by atoms with E-state index in [1.165, 1.54) is 0 Å². The number of aromatic amines is 1. The molecule has 2 aromatic carbocycles. The molecular formula is C19H17N3O3. The Kier molecular flexibility index (Phi) is 3.53. The number of hydrogen-bond donors (Lipinski definition) is 2. The zero-order valence-corrected chi connectivity index (χ0v) is 13.9. The Morgan fingerprint density at radius 3 is 2.60 bits per heavy atom. The van der Waals surface area contributed by atoms with Crippen LogP contribution in [0.25, 0.3) is 11.0 Å². The van der Waals surface area contributed by atoms with E-state index in [2.05, 4.69) is 15.3 Å². The van der Waals surface area contributed by atoms with Gasteiger partial charge in [0.15, 0.2) is 0 Å². The third-order valence-electron chi connectivity index (χ3n) is 4.21. The van der Waals surface area contributed by atoms with Gasteiger partial charge in [-0.3, -0.25) is 9.59 Å². The molecule has 0 spiro atoms. The second-order valence-corrected chi connectivity index (χ2v) is 6.37. The van der Waals surface area contributed by atoms with E-state index in [0.717, 1.165) is 5.56 Å². The summed E-state index contributed by atoms with van der Waals surface area (Å²) in [6.45, 7) is 3.84. The van der Waals surface area contributed by atoms with E-state index in [4.69, 9.17) is 4.74 Å². The van der Waals surface area contributed by atoms with Crippen LogP contribution in [0, 0.1) is 0 Å². The van der Waals surface area contributed by atoms with Crippen LogP contribution in [0.5, 0.6) is 5.75 Å². The summed E-state index contributed by atoms with van der Waals surface area (Å²) in [4.78, 5) is 31.8. The maximum atomic E-state index is 12.4. The number of nitrogens with zero attached hydrogens (tertiary/aromatic N) is 1. The first kappa shape index (κ1) is 15.4. The van der Waals surface area contributed by atoms with Gasteiger partial charge in [-0.05, 0) is 6.07 Å². The molecule has 0 bridgehead atoms. The average Bonchev–Trinajstić information content (AvgIpc) is 2.59. The summed E-state index contributed by atoms with van der Waals surface area (Å²) >= 11 is 0. The van der Waals surface area contributed by atoms with Crippen molar-refractivity contribution < 1.29 is 9.53 Å². The Hall–Kier alpha value is -3.15. The van der Waals surface area contributed by atoms with Gasteiger partial charge in [0.05, 0.1) is 16.7 Å². The van der Waals surface area contributed by atoms with Gasteiger partial charge in [0.25, 0.3) is 11.5 Å². The lowest BCUT2D eigenvalue weighted by Gasteiger charge is -2.26. The van der Waals surface area contributed by atoms with E-state index in [0.29, 0.717) is 28.2 Å². The molecular weight excluding hydrogens is 318 g/mol. The number of ether oxygens (including phenoxy) is 1. The van der Waals surface area contributed by atoms with Gasteiger partial charge in [0, 0.05) is 17.5 Å². The topological polar surface area (TPSA) is 84.1 Å². The molecule has 2 heterocycles. The second kappa shape index (κ2) is 5.73. The molecule has 1 aliphatic rings. The molecule has 1 amide bonds. The average molecular weight is 335 g/mol. The molecule has 2 N–H and O–H groups in total. The number of aromatic nitrogens is 2. The monoisotopic (exact) mass is 335 g/mol. The number of anilines is 1. The molecule has 0 saturated carbocycles. The minimum Gasteiger partial charge on any atom is -0.474 e. The van der Waals surface area contributed by atoms with Gasteiger partial charge in [-0.1, -0.05) is 44.2 Å². The third-order valence-corrected chi connectivity index (χ3v) is 4.21. The van der Waals surface area contributed by atoms with Crippen LogP contribution in [0.3, 0.4) is 0 Å². The van der Waals surface area contributed by atoms with Gasteiger partial charge in [-0.2, -0.15) is 0 Å². The summed E-state index contributed by atoms with van der Waals surface area (Å²) in [5, 5.41) is 2.84. The van der Waals surface area contributed by atoms with Crippen molar-refractivity contribution in [2.45, 2.75) is 25.9 Å². The second-order valence-electron chi connectivity index (χ2n) is 6.37. The molecule has 0 aliphatic carbocycles. The first-order chi connectivity index (χ1) is 12.0. The van der Waals surface area contributed by atoms with Crippen LogP contribution in [0.1, 0.15) is 37.1 Å². The highest BCUT2D eigenvalue weighted by Gasteiger charge is 2.29. The van der Waals surface area contributed by atoms with Crippen LogP contribution in [0.2, 0.25) is 0 Å². The van der Waals surface area contributed by atoms with Crippen molar-refractivity contribution in [2.75, 3.05) is 5.32 Å². The van der Waals surface area contributed by atoms with Crippen molar-refractivity contribution in [1.29, 1.82) is 0 Å². The summed E-state index contributed by atoms with van der Waals surface area (Å²) in [6, 6.07) is 12.8. The van der Waals surface area contributed by atoms with Crippen molar-refractivity contribution >= 4 is 22.6 Å². The molecule has 0 radical (unpaired) electrons. The Balaban J connectivity index is 1.81. The maximum absolute atomic E-state index is 12.4. The van der Waals surface area contributed by atoms with Crippen LogP contribution in [-0.2, 0) is 4.79 Å². The van der Waals surface area contributed by atoms with Crippen molar-refractivity contribution in [1.82, 2.24) is 9.97 Å². The Morgan fingerprint density at radius 1 is 1.12 bits per heavy atom. The van der Waals surface area contributed by atoms with Crippen molar-refractivity contribution in [2.24, 2.45) is 0 Å². The number of amides is 1. The van der Waals surface area contributed by atoms with Gasteiger partial charge in [-0.25, -0.2) is 4.98 Å². The minimum atomic E-state index is -0.710. The first-order valence-corrected chi connectivity index (χ1v) is 8.13. The summed E-state index contributed by atoms with van der Waals surface area (Å²) in [6.07, 6.45) is -0.710. The van der Waals surface area contributed by atoms with E-state index in [9.17, 15) is 9.59 Å². The van der Waals surface area contributed by atoms with Crippen LogP contribution in [0.4, 0.5) is 5.69 Å². The Bertz CT molecular complexity index is 1030. The van der Waals surface area contributed by atoms with Gasteiger partial charge in [-0.15, -0.1) is 0 Å². The smallest absolute Gasteiger partial charge is 0.270 e. The van der Waals surface area contributed by atoms with Crippen LogP contribution in [0.15, 0.2) is 47.3 Å². The number of H-pyrrole nitrogens is 1. The molecule has 4 rings (SSSR count). The fourth-order valence-corrected chi connectivity index (χ4v) is 2.94. The van der Waals surface area contributed by atoms with E-state index in [1.54, 1.807) is 12.1 Å². The van der Waals surface area contributed by atoms with E-state index in [1.807, 2.05) is 44.2 Å². The SMILES string of the molecule is CC(C)c1nc2cc3c(cc2[nH]c1=O)NC(=O)C(c1ccccc1)O3. The quantitative estimate of drug-likeness (QED) is 0.753. The summed E-state index contributed by atoms with van der Waals surface area (Å²) in [7, 11) is 0. The van der Waals surface area contributed by atoms with Crippen molar-refractivity contribution in [3.63, 3.8) is 0 Å². The summed E-state index contributed by atoms with van der Waals surface area (Å²) in [5.74, 6) is 0.309. The lowest BCUT2D eigenvalue weighted by Crippen LogP contribution is -2.30. The number of hydrogen-bond acceptors (Lipinski definition) is 4. The minimum absolute atomic E-state index is 0.0156. The molecule has 1 aromatic heterocycles. The third kappa shape index (κ3) is 2.65. The molecule has 1 aliphatic heterocycles. The Labute approximate surface area is 143 Å². The molecule has 0 saturated heterocycles. The van der Waals surface area contributed by atoms with Gasteiger partial charge < -0.3 is 15.0 Å². The highest BCUT2D eigenvalue weighted by Crippen LogP contribution is 2.37. The number of fused-ring (bicyclic) bond motifs is 2. The predicted molar refractivity (Wildman–Crippen MR) is 94.9 cm³/mol. The highest BCUT2D eigenvalue weighted by atomic mass is 16.5. The first-order valence-electron chi connectivity index (χ1n) is 8.13. The highest BCUT2D eigenvalue weighted by molar-refractivity contribution is 6.00. The number of carbonyl (C=O) groups is 1. The van der Waals surface area contributed by atoms with E-state index in [-0.39, 0.29) is 17.4 Å². The normalized spacial score (nSPS) is 16.4. The van der Waals surface area contributed by atoms with Crippen molar-refractivity contribution in [3.05, 3.63) is 64.1 Å². The lowest BCUT2D eigenvalue weighted by atomic mass is 10.1. The van der Waals surface area contributed by atoms with Crippen LogP contribution >= 0.6 is 0 Å². The summed E-state index contributed by atoms with van der Waals surface area (Å²) < 4.78 is 5.92. The molecule has 1 unspecified atom stereocenters. The van der Waals surface area contributed by atoms with E-state index >= 15 is 0 Å². The molecule has 6 nitrogen and oxygen atoms in total. The number of carbonyl (C=O) groups excluding carboxylic acids is 1. The largest absolute Gasteiger partial charge is 0.474 e. The van der Waals surface area contributed by atoms with Gasteiger partial charge in [0.2, 0.25) is 6.10 Å². The number of nitrogens with one attached hydrogen (secondary N) is 2. The standard InChI is InChI=1S/C19H17N3O3/c1-10(2)16-18(23)21-12-8-14-15(9-13(12)20-16)25-17(19(24)22-14)11-6-4-3-5-7-11/h3-10,17H,1-2H3,(H,21,23)(H,22,24). The molecule has 1 atom stereocenters. The fourth-order valence-electron chi connectivity index (χ4n) is 2.94. The van der Waals surface area contributed by atoms with Gasteiger partial charge >= 0.3 is 0 Å². The zero-order chi connectivity index (χ0) is 17.6. The number of benzene rings is 2. The van der Waals surface area contributed by atoms with Gasteiger partial charge in [0.1, 0.15) is 11.4 Å². The zero-order valence-electron chi connectivity index (χ0n) is 13.9. The van der Waals surface area contributed by atoms with Crippen LogP contribution in [-0.4, -0.2) is 15.9 Å². The predicted octanol–water partition coefficient (Wildman–Crippen LogP) is 3.12. The van der Waals surface area contributed by atoms with E-state index < -0.39 is 6.10 Å². The molecule has 0 fully saturated rings. The number of rotatable bonds is 2. The lowest BCUT2D eigenvalue weighted by molar-refractivity contribution is -0.123. The summed E-state index contributed by atoms with van der Waals surface area (Å²) in [5.41, 5.74) is 2.77. The van der Waals surface area contributed by atoms with Crippen LogP contribution < -0.4 is 15.6 Å². The maximum Gasteiger partial charge on any atom is 0.270 e. The molecule has 126 valence electrons. The fraction of sp³-hybridized carbons (Fsp3) is 0.211. The molecule has 3 aromatic rings.